The maximum atomic E-state index is 13.1. The summed E-state index contributed by atoms with van der Waals surface area (Å²) in [5.41, 5.74) is -1.06. The van der Waals surface area contributed by atoms with E-state index in [0.717, 1.165) is 0 Å². The number of hydrogen-bond donors (Lipinski definition) is 0. The molecule has 0 aromatic rings. The molecule has 9 heavy (non-hydrogen) atoms. The molecule has 0 radical (unpaired) electrons. The number of rotatable bonds is 1. The van der Waals surface area contributed by atoms with E-state index in [4.69, 9.17) is 16.3 Å². The van der Waals surface area contributed by atoms with Crippen LogP contribution in [0, 0.1) is 11.8 Å². The molecule has 0 N–H and O–H groups in total. The van der Waals surface area contributed by atoms with Crippen LogP contribution in [0.4, 0.5) is 4.39 Å². The van der Waals surface area contributed by atoms with Crippen LogP contribution in [0.2, 0.25) is 0 Å². The van der Waals surface area contributed by atoms with Crippen molar-refractivity contribution in [2.75, 3.05) is 19.1 Å². The van der Waals surface area contributed by atoms with Crippen molar-refractivity contribution in [2.24, 2.45) is 11.8 Å². The molecular weight excluding hydrogens is 143 g/mol. The zero-order chi connectivity index (χ0) is 6.48. The minimum absolute atomic E-state index is 0.120. The first-order chi connectivity index (χ1) is 4.29. The molecule has 0 amide bonds. The van der Waals surface area contributed by atoms with Crippen LogP contribution in [0.3, 0.4) is 0 Å². The molecule has 2 atom stereocenters. The summed E-state index contributed by atoms with van der Waals surface area (Å²) in [6, 6.07) is 0. The Morgan fingerprint density at radius 3 is 2.44 bits per heavy atom. The fourth-order valence-electron chi connectivity index (χ4n) is 1.60. The van der Waals surface area contributed by atoms with E-state index in [1.165, 1.54) is 0 Å². The highest BCUT2D eigenvalue weighted by Gasteiger charge is 2.68. The van der Waals surface area contributed by atoms with Gasteiger partial charge in [0.1, 0.15) is 5.67 Å². The Morgan fingerprint density at radius 1 is 1.56 bits per heavy atom. The summed E-state index contributed by atoms with van der Waals surface area (Å²) in [6.45, 7) is 1.15. The van der Waals surface area contributed by atoms with E-state index in [0.29, 0.717) is 13.2 Å². The van der Waals surface area contributed by atoms with Gasteiger partial charge in [-0.1, -0.05) is 0 Å². The molecule has 0 aromatic heterocycles. The lowest BCUT2D eigenvalue weighted by molar-refractivity contribution is 0.110. The standard InChI is InChI=1S/C6H8ClFO/c7-3-6(8)4-1-9-2-5(4)6/h4-5H,1-3H2. The van der Waals surface area contributed by atoms with Crippen LogP contribution < -0.4 is 0 Å². The molecule has 2 unspecified atom stereocenters. The lowest BCUT2D eigenvalue weighted by Gasteiger charge is -2.05. The van der Waals surface area contributed by atoms with Crippen molar-refractivity contribution < 1.29 is 9.13 Å². The Kier molecular flexibility index (Phi) is 1.06. The molecule has 1 nitrogen and oxygen atoms in total. The van der Waals surface area contributed by atoms with Crippen molar-refractivity contribution in [1.82, 2.24) is 0 Å². The first kappa shape index (κ1) is 5.93. The SMILES string of the molecule is FC1(CCl)C2COCC21. The smallest absolute Gasteiger partial charge is 0.135 e. The summed E-state index contributed by atoms with van der Waals surface area (Å²) in [4.78, 5) is 0. The quantitative estimate of drug-likeness (QED) is 0.511. The van der Waals surface area contributed by atoms with Gasteiger partial charge >= 0.3 is 0 Å². The summed E-state index contributed by atoms with van der Waals surface area (Å²) < 4.78 is 18.1. The third-order valence-corrected chi connectivity index (χ3v) is 2.82. The van der Waals surface area contributed by atoms with Gasteiger partial charge in [-0.2, -0.15) is 0 Å². The lowest BCUT2D eigenvalue weighted by Crippen LogP contribution is -2.15. The second-order valence-corrected chi connectivity index (χ2v) is 3.08. The van der Waals surface area contributed by atoms with E-state index in [1.54, 1.807) is 0 Å². The minimum atomic E-state index is -1.06. The van der Waals surface area contributed by atoms with Gasteiger partial charge in [0.25, 0.3) is 0 Å². The highest BCUT2D eigenvalue weighted by Crippen LogP contribution is 2.57. The lowest BCUT2D eigenvalue weighted by atomic mass is 10.3. The van der Waals surface area contributed by atoms with Crippen LogP contribution in [-0.4, -0.2) is 24.8 Å². The summed E-state index contributed by atoms with van der Waals surface area (Å²) in [6.07, 6.45) is 0. The summed E-state index contributed by atoms with van der Waals surface area (Å²) >= 11 is 5.41. The molecule has 0 bridgehead atoms. The van der Waals surface area contributed by atoms with Gasteiger partial charge in [0.05, 0.1) is 19.1 Å². The highest BCUT2D eigenvalue weighted by molar-refractivity contribution is 6.18. The molecule has 2 rings (SSSR count). The van der Waals surface area contributed by atoms with Crippen molar-refractivity contribution in [3.63, 3.8) is 0 Å². The van der Waals surface area contributed by atoms with Crippen molar-refractivity contribution in [3.05, 3.63) is 0 Å². The number of hydrogen-bond acceptors (Lipinski definition) is 1. The van der Waals surface area contributed by atoms with Gasteiger partial charge in [0, 0.05) is 11.8 Å². The first-order valence-electron chi connectivity index (χ1n) is 3.11. The number of ether oxygens (including phenoxy) is 1. The Hall–Kier alpha value is 0.180. The van der Waals surface area contributed by atoms with Gasteiger partial charge in [-0.15, -0.1) is 11.6 Å². The molecular formula is C6H8ClFO. The molecule has 0 spiro atoms. The second kappa shape index (κ2) is 1.61. The largest absolute Gasteiger partial charge is 0.381 e. The van der Waals surface area contributed by atoms with Crippen molar-refractivity contribution in [2.45, 2.75) is 5.67 Å². The number of fused-ring (bicyclic) bond motifs is 1. The maximum absolute atomic E-state index is 13.1. The molecule has 52 valence electrons. The third kappa shape index (κ3) is 0.581. The van der Waals surface area contributed by atoms with Crippen LogP contribution in [0.15, 0.2) is 0 Å². The summed E-state index contributed by atoms with van der Waals surface area (Å²) in [7, 11) is 0. The normalized spacial score (nSPS) is 55.3. The predicted molar refractivity (Wildman–Crippen MR) is 32.4 cm³/mol. The van der Waals surface area contributed by atoms with E-state index in [9.17, 15) is 4.39 Å². The zero-order valence-corrected chi connectivity index (χ0v) is 5.70. The van der Waals surface area contributed by atoms with Gasteiger partial charge in [0.2, 0.25) is 0 Å². The van der Waals surface area contributed by atoms with Crippen LogP contribution in [0.5, 0.6) is 0 Å². The predicted octanol–water partition coefficient (Wildman–Crippen LogP) is 1.21. The third-order valence-electron chi connectivity index (χ3n) is 2.41. The molecule has 1 saturated heterocycles. The zero-order valence-electron chi connectivity index (χ0n) is 4.94. The molecule has 1 heterocycles. The van der Waals surface area contributed by atoms with Crippen LogP contribution in [0.25, 0.3) is 0 Å². The van der Waals surface area contributed by atoms with E-state index in [2.05, 4.69) is 0 Å². The Balaban J connectivity index is 2.07. The van der Waals surface area contributed by atoms with Gasteiger partial charge < -0.3 is 4.74 Å². The topological polar surface area (TPSA) is 9.23 Å². The van der Waals surface area contributed by atoms with Gasteiger partial charge in [-0.05, 0) is 0 Å². The van der Waals surface area contributed by atoms with Crippen LogP contribution in [0.1, 0.15) is 0 Å². The molecule has 1 saturated carbocycles. The van der Waals surface area contributed by atoms with Gasteiger partial charge in [-0.25, -0.2) is 4.39 Å². The molecule has 3 heteroatoms. The summed E-state index contributed by atoms with van der Waals surface area (Å²) in [5, 5.41) is 0. The van der Waals surface area contributed by atoms with Crippen molar-refractivity contribution in [1.29, 1.82) is 0 Å². The van der Waals surface area contributed by atoms with Crippen molar-refractivity contribution in [3.8, 4) is 0 Å². The van der Waals surface area contributed by atoms with E-state index in [1.807, 2.05) is 0 Å². The maximum Gasteiger partial charge on any atom is 0.135 e. The Morgan fingerprint density at radius 2 is 2.11 bits per heavy atom. The molecule has 1 aliphatic heterocycles. The second-order valence-electron chi connectivity index (χ2n) is 2.81. The highest BCUT2D eigenvalue weighted by atomic mass is 35.5. The number of alkyl halides is 2. The molecule has 2 aliphatic rings. The van der Waals surface area contributed by atoms with Gasteiger partial charge in [-0.3, -0.25) is 0 Å². The monoisotopic (exact) mass is 150 g/mol. The average Bonchev–Trinajstić information content (AvgIpc) is 2.39. The molecule has 2 fully saturated rings. The van der Waals surface area contributed by atoms with Crippen molar-refractivity contribution >= 4 is 11.6 Å². The molecule has 1 aliphatic carbocycles. The minimum Gasteiger partial charge on any atom is -0.381 e. The Bertz CT molecular complexity index is 129. The van der Waals surface area contributed by atoms with E-state index < -0.39 is 5.67 Å². The average molecular weight is 151 g/mol. The van der Waals surface area contributed by atoms with E-state index >= 15 is 0 Å². The number of halogens is 2. The van der Waals surface area contributed by atoms with Gasteiger partial charge in [0.15, 0.2) is 0 Å². The van der Waals surface area contributed by atoms with E-state index in [-0.39, 0.29) is 17.7 Å². The fraction of sp³-hybridized carbons (Fsp3) is 1.00. The summed E-state index contributed by atoms with van der Waals surface area (Å²) in [5.74, 6) is 0.385. The Labute approximate surface area is 58.1 Å². The van der Waals surface area contributed by atoms with Crippen LogP contribution in [-0.2, 0) is 4.74 Å². The van der Waals surface area contributed by atoms with Crippen LogP contribution >= 0.6 is 11.6 Å². The fourth-order valence-corrected chi connectivity index (χ4v) is 1.99. The first-order valence-corrected chi connectivity index (χ1v) is 3.65. The molecule has 0 aromatic carbocycles.